The summed E-state index contributed by atoms with van der Waals surface area (Å²) >= 11 is 0. The number of aryl methyl sites for hydroxylation is 1. The van der Waals surface area contributed by atoms with E-state index in [1.54, 1.807) is 7.11 Å². The first-order valence-corrected chi connectivity index (χ1v) is 7.93. The van der Waals surface area contributed by atoms with Crippen LogP contribution in [0.5, 0.6) is 5.75 Å². The van der Waals surface area contributed by atoms with E-state index in [2.05, 4.69) is 48.0 Å². The van der Waals surface area contributed by atoms with Crippen molar-refractivity contribution in [3.63, 3.8) is 0 Å². The van der Waals surface area contributed by atoms with Crippen LogP contribution in [0.3, 0.4) is 0 Å². The molecule has 0 unspecified atom stereocenters. The van der Waals surface area contributed by atoms with Crippen molar-refractivity contribution in [2.75, 3.05) is 7.11 Å². The normalized spacial score (nSPS) is 10.6. The van der Waals surface area contributed by atoms with Crippen molar-refractivity contribution in [2.24, 2.45) is 0 Å². The van der Waals surface area contributed by atoms with Crippen LogP contribution in [-0.4, -0.2) is 12.1 Å². The molecule has 0 aliphatic rings. The zero-order valence-electron chi connectivity index (χ0n) is 13.7. The van der Waals surface area contributed by atoms with Crippen molar-refractivity contribution in [1.29, 1.82) is 0 Å². The first kappa shape index (κ1) is 14.4. The summed E-state index contributed by atoms with van der Waals surface area (Å²) in [6, 6.07) is 20.4. The number of fused-ring (bicyclic) bond motifs is 3. The Morgan fingerprint density at radius 2 is 1.58 bits per heavy atom. The van der Waals surface area contributed by atoms with Gasteiger partial charge in [-0.15, -0.1) is 0 Å². The van der Waals surface area contributed by atoms with E-state index in [-0.39, 0.29) is 0 Å². The maximum atomic E-state index is 5.55. The van der Waals surface area contributed by atoms with Gasteiger partial charge in [-0.25, -0.2) is 0 Å². The molecule has 4 rings (SSSR count). The molecule has 0 saturated heterocycles. The van der Waals surface area contributed by atoms with Crippen LogP contribution < -0.4 is 4.74 Å². The quantitative estimate of drug-likeness (QED) is 0.490. The number of H-pyrrole nitrogens is 1. The lowest BCUT2D eigenvalue weighted by Gasteiger charge is -2.04. The predicted molar refractivity (Wildman–Crippen MR) is 99.5 cm³/mol. The van der Waals surface area contributed by atoms with Gasteiger partial charge in [0.1, 0.15) is 5.75 Å². The molecule has 116 valence electrons. The minimum atomic E-state index is 0.787. The fourth-order valence-corrected chi connectivity index (χ4v) is 3.07. The summed E-state index contributed by atoms with van der Waals surface area (Å²) in [6.07, 6.45) is 0. The lowest BCUT2D eigenvalue weighted by atomic mass is 10.1. The van der Waals surface area contributed by atoms with E-state index in [1.165, 1.54) is 16.3 Å². The van der Waals surface area contributed by atoms with Crippen molar-refractivity contribution in [2.45, 2.75) is 6.92 Å². The van der Waals surface area contributed by atoms with Gasteiger partial charge in [0.15, 0.2) is 0 Å². The smallest absolute Gasteiger partial charge is 0.136 e. The van der Waals surface area contributed by atoms with Crippen LogP contribution in [0.15, 0.2) is 60.7 Å². The average Bonchev–Trinajstić information content (AvgIpc) is 3.01. The predicted octanol–water partition coefficient (Wildman–Crippen LogP) is 5.04. The van der Waals surface area contributed by atoms with Gasteiger partial charge in [0.05, 0.1) is 18.2 Å². The molecule has 0 spiro atoms. The van der Waals surface area contributed by atoms with Crippen molar-refractivity contribution < 1.29 is 4.74 Å². The van der Waals surface area contributed by atoms with E-state index >= 15 is 0 Å². The van der Waals surface area contributed by atoms with Gasteiger partial charge in [-0.05, 0) is 36.8 Å². The summed E-state index contributed by atoms with van der Waals surface area (Å²) in [7, 11) is 1.68. The molecule has 0 aliphatic heterocycles. The van der Waals surface area contributed by atoms with Crippen LogP contribution in [-0.2, 0) is 0 Å². The molecule has 0 amide bonds. The van der Waals surface area contributed by atoms with E-state index in [0.29, 0.717) is 0 Å². The molecule has 0 saturated carbocycles. The Hall–Kier alpha value is -3.18. The summed E-state index contributed by atoms with van der Waals surface area (Å²) < 4.78 is 5.55. The molecule has 0 fully saturated rings. The Labute approximate surface area is 141 Å². The Morgan fingerprint density at radius 1 is 0.792 bits per heavy atom. The van der Waals surface area contributed by atoms with Crippen molar-refractivity contribution in [3.8, 4) is 17.6 Å². The molecule has 2 nitrogen and oxygen atoms in total. The Balaban J connectivity index is 2.01. The van der Waals surface area contributed by atoms with E-state index < -0.39 is 0 Å². The van der Waals surface area contributed by atoms with Crippen LogP contribution >= 0.6 is 0 Å². The summed E-state index contributed by atoms with van der Waals surface area (Å²) in [5, 5.41) is 2.39. The highest BCUT2D eigenvalue weighted by molar-refractivity contribution is 6.10. The van der Waals surface area contributed by atoms with Gasteiger partial charge >= 0.3 is 0 Å². The van der Waals surface area contributed by atoms with Crippen LogP contribution in [0.2, 0.25) is 0 Å². The van der Waals surface area contributed by atoms with E-state index in [9.17, 15) is 0 Å². The summed E-state index contributed by atoms with van der Waals surface area (Å²) in [5.41, 5.74) is 5.30. The molecule has 0 radical (unpaired) electrons. The SMILES string of the molecule is COc1ccc2c([nH]c3c(C)cccc32)c1C#Cc1ccccc1. The van der Waals surface area contributed by atoms with E-state index in [1.807, 2.05) is 36.4 Å². The Morgan fingerprint density at radius 3 is 2.38 bits per heavy atom. The second-order valence-electron chi connectivity index (χ2n) is 5.80. The third-order valence-corrected chi connectivity index (χ3v) is 4.31. The standard InChI is InChI=1S/C22H17NO/c1-15-7-6-10-17-18-13-14-20(24-2)19(22(18)23-21(15)17)12-11-16-8-4-3-5-9-16/h3-10,13-14,23H,1-2H3. The minimum absolute atomic E-state index is 0.787. The van der Waals surface area contributed by atoms with Crippen LogP contribution in [0.4, 0.5) is 0 Å². The number of methoxy groups -OCH3 is 1. The number of hydrogen-bond donors (Lipinski definition) is 1. The van der Waals surface area contributed by atoms with Crippen LogP contribution in [0, 0.1) is 18.8 Å². The topological polar surface area (TPSA) is 25.0 Å². The molecular weight excluding hydrogens is 294 g/mol. The number of aromatic amines is 1. The Bertz CT molecular complexity index is 1090. The van der Waals surface area contributed by atoms with Gasteiger partial charge in [-0.1, -0.05) is 48.2 Å². The molecule has 1 heterocycles. The molecule has 1 N–H and O–H groups in total. The number of aromatic nitrogens is 1. The molecule has 24 heavy (non-hydrogen) atoms. The van der Waals surface area contributed by atoms with E-state index in [4.69, 9.17) is 4.74 Å². The number of para-hydroxylation sites is 1. The number of ether oxygens (including phenoxy) is 1. The third-order valence-electron chi connectivity index (χ3n) is 4.31. The zero-order chi connectivity index (χ0) is 16.5. The van der Waals surface area contributed by atoms with E-state index in [0.717, 1.165) is 27.9 Å². The summed E-state index contributed by atoms with van der Waals surface area (Å²) in [4.78, 5) is 3.54. The molecule has 3 aromatic carbocycles. The molecule has 0 bridgehead atoms. The fourth-order valence-electron chi connectivity index (χ4n) is 3.07. The second kappa shape index (κ2) is 5.79. The number of benzene rings is 3. The van der Waals surface area contributed by atoms with Crippen molar-refractivity contribution in [3.05, 3.63) is 77.4 Å². The first-order chi connectivity index (χ1) is 11.8. The maximum absolute atomic E-state index is 5.55. The Kier molecular flexibility index (Phi) is 3.48. The number of hydrogen-bond acceptors (Lipinski definition) is 1. The molecule has 2 heteroatoms. The van der Waals surface area contributed by atoms with Gasteiger partial charge in [0.25, 0.3) is 0 Å². The van der Waals surface area contributed by atoms with Crippen molar-refractivity contribution >= 4 is 21.8 Å². The fraction of sp³-hybridized carbons (Fsp3) is 0.0909. The molecule has 0 aliphatic carbocycles. The molecule has 0 atom stereocenters. The molecule has 1 aromatic heterocycles. The highest BCUT2D eigenvalue weighted by Crippen LogP contribution is 2.33. The highest BCUT2D eigenvalue weighted by atomic mass is 16.5. The monoisotopic (exact) mass is 311 g/mol. The third kappa shape index (κ3) is 2.31. The van der Waals surface area contributed by atoms with Gasteiger partial charge in [0.2, 0.25) is 0 Å². The lowest BCUT2D eigenvalue weighted by molar-refractivity contribution is 0.414. The van der Waals surface area contributed by atoms with Gasteiger partial charge in [-0.3, -0.25) is 0 Å². The number of rotatable bonds is 1. The summed E-state index contributed by atoms with van der Waals surface area (Å²) in [6.45, 7) is 2.12. The number of nitrogens with one attached hydrogen (secondary N) is 1. The zero-order valence-corrected chi connectivity index (χ0v) is 13.7. The van der Waals surface area contributed by atoms with Crippen LogP contribution in [0.25, 0.3) is 21.8 Å². The average molecular weight is 311 g/mol. The molecule has 4 aromatic rings. The van der Waals surface area contributed by atoms with Crippen LogP contribution in [0.1, 0.15) is 16.7 Å². The lowest BCUT2D eigenvalue weighted by Crippen LogP contribution is -1.89. The van der Waals surface area contributed by atoms with Crippen molar-refractivity contribution in [1.82, 2.24) is 4.98 Å². The van der Waals surface area contributed by atoms with Gasteiger partial charge < -0.3 is 9.72 Å². The second-order valence-corrected chi connectivity index (χ2v) is 5.80. The van der Waals surface area contributed by atoms with Gasteiger partial charge in [-0.2, -0.15) is 0 Å². The highest BCUT2D eigenvalue weighted by Gasteiger charge is 2.12. The first-order valence-electron chi connectivity index (χ1n) is 7.93. The van der Waals surface area contributed by atoms with Gasteiger partial charge in [0, 0.05) is 21.9 Å². The largest absolute Gasteiger partial charge is 0.495 e. The minimum Gasteiger partial charge on any atom is -0.495 e. The maximum Gasteiger partial charge on any atom is 0.136 e. The molecular formula is C22H17NO. The summed E-state index contributed by atoms with van der Waals surface area (Å²) in [5.74, 6) is 7.32.